The molecule has 0 spiro atoms. The van der Waals surface area contributed by atoms with Gasteiger partial charge in [0.05, 0.1) is 16.2 Å². The first-order valence-corrected chi connectivity index (χ1v) is 7.42. The highest BCUT2D eigenvalue weighted by Crippen LogP contribution is 2.40. The van der Waals surface area contributed by atoms with Crippen molar-refractivity contribution in [1.82, 2.24) is 0 Å². The van der Waals surface area contributed by atoms with Crippen LogP contribution in [0, 0.1) is 6.92 Å². The Labute approximate surface area is 102 Å². The summed E-state index contributed by atoms with van der Waals surface area (Å²) in [5, 5.41) is 9.50. The molecule has 0 unspecified atom stereocenters. The van der Waals surface area contributed by atoms with Crippen LogP contribution in [0.3, 0.4) is 0 Å². The van der Waals surface area contributed by atoms with Crippen molar-refractivity contribution in [3.8, 4) is 0 Å². The summed E-state index contributed by atoms with van der Waals surface area (Å²) in [6.07, 6.45) is 2.90. The zero-order valence-corrected chi connectivity index (χ0v) is 10.8. The van der Waals surface area contributed by atoms with Crippen LogP contribution in [0.5, 0.6) is 0 Å². The third-order valence-electron chi connectivity index (χ3n) is 3.67. The molecule has 0 amide bonds. The molecule has 0 heterocycles. The van der Waals surface area contributed by atoms with Crippen molar-refractivity contribution in [1.29, 1.82) is 0 Å². The monoisotopic (exact) mass is 254 g/mol. The number of aryl methyl sites for hydroxylation is 1. The zero-order chi connectivity index (χ0) is 12.5. The van der Waals surface area contributed by atoms with Crippen molar-refractivity contribution in [2.75, 3.05) is 6.61 Å². The van der Waals surface area contributed by atoms with Gasteiger partial charge in [0, 0.05) is 0 Å². The molecule has 17 heavy (non-hydrogen) atoms. The van der Waals surface area contributed by atoms with Gasteiger partial charge in [-0.15, -0.1) is 0 Å². The normalized spacial score (nSPS) is 19.4. The standard InChI is InChI=1S/C13H18O3S/c1-11-5-4-6-12(9-11)17(15,16)13(10-14)7-2-3-8-13/h4-6,9,14H,2-3,7-8,10H2,1H3. The smallest absolute Gasteiger partial charge is 0.186 e. The first-order chi connectivity index (χ1) is 8.02. The van der Waals surface area contributed by atoms with E-state index in [1.807, 2.05) is 13.0 Å². The maximum Gasteiger partial charge on any atom is 0.186 e. The molecule has 1 N–H and O–H groups in total. The van der Waals surface area contributed by atoms with Gasteiger partial charge >= 0.3 is 0 Å². The lowest BCUT2D eigenvalue weighted by Gasteiger charge is -2.26. The van der Waals surface area contributed by atoms with Crippen molar-refractivity contribution in [3.05, 3.63) is 29.8 Å². The van der Waals surface area contributed by atoms with Crippen molar-refractivity contribution in [2.24, 2.45) is 0 Å². The fourth-order valence-corrected chi connectivity index (χ4v) is 4.66. The maximum absolute atomic E-state index is 12.6. The molecule has 1 saturated carbocycles. The second-order valence-electron chi connectivity index (χ2n) is 4.87. The van der Waals surface area contributed by atoms with Crippen molar-refractivity contribution in [3.63, 3.8) is 0 Å². The predicted octanol–water partition coefficient (Wildman–Crippen LogP) is 2.07. The number of benzene rings is 1. The molecule has 0 aromatic heterocycles. The van der Waals surface area contributed by atoms with E-state index in [0.717, 1.165) is 18.4 Å². The first-order valence-electron chi connectivity index (χ1n) is 5.94. The molecule has 0 aliphatic heterocycles. The summed E-state index contributed by atoms with van der Waals surface area (Å²) in [5.74, 6) is 0. The van der Waals surface area contributed by atoms with Crippen LogP contribution in [0.2, 0.25) is 0 Å². The Morgan fingerprint density at radius 1 is 1.29 bits per heavy atom. The molecule has 0 radical (unpaired) electrons. The Kier molecular flexibility index (Phi) is 3.27. The second kappa shape index (κ2) is 4.42. The number of sulfone groups is 1. The Balaban J connectivity index is 2.49. The first kappa shape index (κ1) is 12.6. The third kappa shape index (κ3) is 2.00. The Bertz CT molecular complexity index is 499. The molecule has 0 saturated heterocycles. The molecule has 3 nitrogen and oxygen atoms in total. The van der Waals surface area contributed by atoms with Gasteiger partial charge in [0.1, 0.15) is 0 Å². The van der Waals surface area contributed by atoms with Crippen LogP contribution in [-0.4, -0.2) is 24.9 Å². The van der Waals surface area contributed by atoms with E-state index in [1.54, 1.807) is 18.2 Å². The molecule has 1 aromatic carbocycles. The van der Waals surface area contributed by atoms with Gasteiger partial charge in [0.15, 0.2) is 9.84 Å². The van der Waals surface area contributed by atoms with Crippen LogP contribution < -0.4 is 0 Å². The SMILES string of the molecule is Cc1cccc(S(=O)(=O)C2(CO)CCCC2)c1. The number of aliphatic hydroxyl groups excluding tert-OH is 1. The molecule has 94 valence electrons. The lowest BCUT2D eigenvalue weighted by molar-refractivity contribution is 0.242. The number of hydrogen-bond acceptors (Lipinski definition) is 3. The quantitative estimate of drug-likeness (QED) is 0.898. The highest BCUT2D eigenvalue weighted by atomic mass is 32.2. The summed E-state index contributed by atoms with van der Waals surface area (Å²) >= 11 is 0. The zero-order valence-electron chi connectivity index (χ0n) is 10.0. The van der Waals surface area contributed by atoms with Gasteiger partial charge in [-0.25, -0.2) is 8.42 Å². The van der Waals surface area contributed by atoms with Gasteiger partial charge in [-0.1, -0.05) is 25.0 Å². The van der Waals surface area contributed by atoms with E-state index >= 15 is 0 Å². The van der Waals surface area contributed by atoms with E-state index < -0.39 is 14.6 Å². The fraction of sp³-hybridized carbons (Fsp3) is 0.538. The molecule has 1 aliphatic rings. The van der Waals surface area contributed by atoms with Gasteiger partial charge in [0.25, 0.3) is 0 Å². The molecule has 0 atom stereocenters. The summed E-state index contributed by atoms with van der Waals surface area (Å²) in [6, 6.07) is 6.94. The van der Waals surface area contributed by atoms with Crippen molar-refractivity contribution in [2.45, 2.75) is 42.2 Å². The lowest BCUT2D eigenvalue weighted by atomic mass is 10.1. The summed E-state index contributed by atoms with van der Waals surface area (Å²) in [6.45, 7) is 1.60. The molecule has 4 heteroatoms. The Morgan fingerprint density at radius 2 is 1.94 bits per heavy atom. The van der Waals surface area contributed by atoms with Crippen LogP contribution in [-0.2, 0) is 9.84 Å². The molecule has 1 aliphatic carbocycles. The summed E-state index contributed by atoms with van der Waals surface area (Å²) < 4.78 is 24.2. The van der Waals surface area contributed by atoms with E-state index in [4.69, 9.17) is 0 Å². The molecular formula is C13H18O3S. The summed E-state index contributed by atoms with van der Waals surface area (Å²) in [7, 11) is -3.42. The van der Waals surface area contributed by atoms with Crippen LogP contribution in [0.15, 0.2) is 29.2 Å². The minimum Gasteiger partial charge on any atom is -0.395 e. The Morgan fingerprint density at radius 3 is 2.47 bits per heavy atom. The average molecular weight is 254 g/mol. The van der Waals surface area contributed by atoms with E-state index in [-0.39, 0.29) is 6.61 Å². The molecule has 1 aromatic rings. The topological polar surface area (TPSA) is 54.4 Å². The molecule has 0 bridgehead atoms. The van der Waals surface area contributed by atoms with Crippen molar-refractivity contribution < 1.29 is 13.5 Å². The van der Waals surface area contributed by atoms with Crippen LogP contribution in [0.4, 0.5) is 0 Å². The molecule has 2 rings (SSSR count). The lowest BCUT2D eigenvalue weighted by Crippen LogP contribution is -2.39. The number of rotatable bonds is 3. The maximum atomic E-state index is 12.6. The second-order valence-corrected chi connectivity index (χ2v) is 7.21. The predicted molar refractivity (Wildman–Crippen MR) is 66.6 cm³/mol. The number of hydrogen-bond donors (Lipinski definition) is 1. The van der Waals surface area contributed by atoms with E-state index in [9.17, 15) is 13.5 Å². The van der Waals surface area contributed by atoms with Gasteiger partial charge in [0.2, 0.25) is 0 Å². The fourth-order valence-electron chi connectivity index (χ4n) is 2.56. The largest absolute Gasteiger partial charge is 0.395 e. The van der Waals surface area contributed by atoms with Crippen LogP contribution >= 0.6 is 0 Å². The molecule has 1 fully saturated rings. The van der Waals surface area contributed by atoms with Gasteiger partial charge < -0.3 is 5.11 Å². The summed E-state index contributed by atoms with van der Waals surface area (Å²) in [5.41, 5.74) is 0.928. The minimum atomic E-state index is -3.42. The highest BCUT2D eigenvalue weighted by molar-refractivity contribution is 7.92. The van der Waals surface area contributed by atoms with Gasteiger partial charge in [-0.05, 0) is 37.5 Å². The highest BCUT2D eigenvalue weighted by Gasteiger charge is 2.46. The van der Waals surface area contributed by atoms with Crippen LogP contribution in [0.25, 0.3) is 0 Å². The number of aliphatic hydroxyl groups is 1. The van der Waals surface area contributed by atoms with Gasteiger partial charge in [-0.3, -0.25) is 0 Å². The third-order valence-corrected chi connectivity index (χ3v) is 6.22. The summed E-state index contributed by atoms with van der Waals surface area (Å²) in [4.78, 5) is 0.341. The van der Waals surface area contributed by atoms with E-state index in [1.165, 1.54) is 0 Å². The minimum absolute atomic E-state index is 0.275. The van der Waals surface area contributed by atoms with E-state index in [2.05, 4.69) is 0 Å². The Hall–Kier alpha value is -0.870. The molecular weight excluding hydrogens is 236 g/mol. The van der Waals surface area contributed by atoms with Crippen molar-refractivity contribution >= 4 is 9.84 Å². The van der Waals surface area contributed by atoms with Gasteiger partial charge in [-0.2, -0.15) is 0 Å². The van der Waals surface area contributed by atoms with E-state index in [0.29, 0.717) is 17.7 Å². The average Bonchev–Trinajstić information content (AvgIpc) is 2.79. The van der Waals surface area contributed by atoms with Crippen LogP contribution in [0.1, 0.15) is 31.2 Å².